The average Bonchev–Trinajstić information content (AvgIpc) is 2.88. The molecule has 19 heavy (non-hydrogen) atoms. The van der Waals surface area contributed by atoms with E-state index in [1.54, 1.807) is 19.2 Å². The van der Waals surface area contributed by atoms with E-state index in [9.17, 15) is 4.79 Å². The molecule has 0 fully saturated rings. The first kappa shape index (κ1) is 15.7. The topological polar surface area (TPSA) is 80.9 Å². The van der Waals surface area contributed by atoms with Gasteiger partial charge in [-0.15, -0.1) is 0 Å². The lowest BCUT2D eigenvalue weighted by Crippen LogP contribution is -2.35. The van der Waals surface area contributed by atoms with Crippen LogP contribution < -0.4 is 5.32 Å². The van der Waals surface area contributed by atoms with Gasteiger partial charge in [0, 0.05) is 19.8 Å². The van der Waals surface area contributed by atoms with E-state index in [0.717, 1.165) is 0 Å². The summed E-state index contributed by atoms with van der Waals surface area (Å²) in [5, 5.41) is 12.2. The Morgan fingerprint density at radius 1 is 1.47 bits per heavy atom. The van der Waals surface area contributed by atoms with Crippen LogP contribution in [-0.2, 0) is 9.47 Å². The maximum absolute atomic E-state index is 11.3. The van der Waals surface area contributed by atoms with Crippen molar-refractivity contribution in [2.24, 2.45) is 0 Å². The van der Waals surface area contributed by atoms with E-state index < -0.39 is 5.97 Å². The number of hydrogen-bond acceptors (Lipinski definition) is 6. The number of carbonyl (C=O) groups is 1. The normalized spacial score (nSPS) is 14.1. The van der Waals surface area contributed by atoms with Crippen LogP contribution in [0.1, 0.15) is 35.7 Å². The molecule has 6 heteroatoms. The van der Waals surface area contributed by atoms with Gasteiger partial charge in [0.1, 0.15) is 5.76 Å². The van der Waals surface area contributed by atoms with Crippen molar-refractivity contribution < 1.29 is 23.8 Å². The third kappa shape index (κ3) is 4.66. The molecular weight excluding hydrogens is 250 g/mol. The maximum atomic E-state index is 11.3. The number of nitrogens with one attached hydrogen (secondary N) is 1. The highest BCUT2D eigenvalue weighted by Gasteiger charge is 2.18. The average molecular weight is 271 g/mol. The summed E-state index contributed by atoms with van der Waals surface area (Å²) in [7, 11) is 2.92. The molecular formula is C13H21NO5. The first-order valence-electron chi connectivity index (χ1n) is 6.16. The first-order valence-corrected chi connectivity index (χ1v) is 6.16. The van der Waals surface area contributed by atoms with Crippen molar-refractivity contribution in [1.82, 2.24) is 5.32 Å². The number of aliphatic hydroxyl groups excluding tert-OH is 1. The molecule has 1 aromatic heterocycles. The van der Waals surface area contributed by atoms with Gasteiger partial charge in [0.05, 0.1) is 19.8 Å². The lowest BCUT2D eigenvalue weighted by molar-refractivity contribution is 0.0561. The summed E-state index contributed by atoms with van der Waals surface area (Å²) >= 11 is 0. The molecule has 0 amide bonds. The van der Waals surface area contributed by atoms with Crippen molar-refractivity contribution in [3.63, 3.8) is 0 Å². The second kappa shape index (κ2) is 7.93. The molecule has 0 aliphatic heterocycles. The Kier molecular flexibility index (Phi) is 6.55. The van der Waals surface area contributed by atoms with Gasteiger partial charge in [-0.3, -0.25) is 0 Å². The number of hydrogen-bond donors (Lipinski definition) is 2. The molecule has 0 bridgehead atoms. The largest absolute Gasteiger partial charge is 0.463 e. The van der Waals surface area contributed by atoms with Gasteiger partial charge < -0.3 is 24.3 Å². The molecule has 2 unspecified atom stereocenters. The van der Waals surface area contributed by atoms with Gasteiger partial charge in [0.25, 0.3) is 0 Å². The molecule has 0 radical (unpaired) electrons. The summed E-state index contributed by atoms with van der Waals surface area (Å²) in [6.45, 7) is 2.49. The molecule has 0 aliphatic rings. The quantitative estimate of drug-likeness (QED) is 0.689. The second-order valence-electron chi connectivity index (χ2n) is 4.25. The Morgan fingerprint density at radius 2 is 2.21 bits per heavy atom. The predicted molar refractivity (Wildman–Crippen MR) is 69.0 cm³/mol. The van der Waals surface area contributed by atoms with Gasteiger partial charge in [0.2, 0.25) is 5.76 Å². The van der Waals surface area contributed by atoms with Gasteiger partial charge in [-0.05, 0) is 25.5 Å². The Bertz CT molecular complexity index is 384. The van der Waals surface area contributed by atoms with Crippen molar-refractivity contribution >= 4 is 5.97 Å². The summed E-state index contributed by atoms with van der Waals surface area (Å²) in [6.07, 6.45) is 0.586. The third-order valence-electron chi connectivity index (χ3n) is 2.77. The molecule has 2 N–H and O–H groups in total. The first-order chi connectivity index (χ1) is 9.12. The van der Waals surface area contributed by atoms with Crippen molar-refractivity contribution in [2.75, 3.05) is 27.4 Å². The Labute approximate surface area is 112 Å². The van der Waals surface area contributed by atoms with Crippen LogP contribution in [0.5, 0.6) is 0 Å². The number of carbonyl (C=O) groups excluding carboxylic acids is 1. The number of rotatable bonds is 8. The fourth-order valence-electron chi connectivity index (χ4n) is 1.80. The van der Waals surface area contributed by atoms with Crippen LogP contribution in [0.15, 0.2) is 16.5 Å². The molecule has 1 rings (SSSR count). The summed E-state index contributed by atoms with van der Waals surface area (Å²) in [5.74, 6) is 0.318. The van der Waals surface area contributed by atoms with Gasteiger partial charge in [-0.1, -0.05) is 0 Å². The highest BCUT2D eigenvalue weighted by Crippen LogP contribution is 2.17. The minimum absolute atomic E-state index is 0.0247. The third-order valence-corrected chi connectivity index (χ3v) is 2.77. The van der Waals surface area contributed by atoms with Gasteiger partial charge in [0.15, 0.2) is 0 Å². The van der Waals surface area contributed by atoms with Crippen molar-refractivity contribution in [2.45, 2.75) is 25.4 Å². The van der Waals surface area contributed by atoms with Gasteiger partial charge in [-0.25, -0.2) is 4.79 Å². The number of methoxy groups -OCH3 is 2. The summed E-state index contributed by atoms with van der Waals surface area (Å²) in [5.41, 5.74) is 0. The van der Waals surface area contributed by atoms with Gasteiger partial charge in [-0.2, -0.15) is 0 Å². The highest BCUT2D eigenvalue weighted by atomic mass is 16.5. The Morgan fingerprint density at radius 3 is 2.79 bits per heavy atom. The van der Waals surface area contributed by atoms with Crippen LogP contribution in [0.4, 0.5) is 0 Å². The van der Waals surface area contributed by atoms with E-state index in [-0.39, 0.29) is 24.5 Å². The van der Waals surface area contributed by atoms with E-state index in [1.807, 2.05) is 6.92 Å². The van der Waals surface area contributed by atoms with Crippen LogP contribution >= 0.6 is 0 Å². The van der Waals surface area contributed by atoms with Crippen molar-refractivity contribution in [3.8, 4) is 0 Å². The molecule has 0 saturated heterocycles. The zero-order valence-corrected chi connectivity index (χ0v) is 11.5. The van der Waals surface area contributed by atoms with Crippen LogP contribution in [0.25, 0.3) is 0 Å². The minimum Gasteiger partial charge on any atom is -0.463 e. The highest BCUT2D eigenvalue weighted by molar-refractivity contribution is 5.86. The summed E-state index contributed by atoms with van der Waals surface area (Å²) in [4.78, 5) is 11.3. The molecule has 108 valence electrons. The molecule has 1 aromatic rings. The number of esters is 1. The van der Waals surface area contributed by atoms with E-state index >= 15 is 0 Å². The van der Waals surface area contributed by atoms with Crippen molar-refractivity contribution in [1.29, 1.82) is 0 Å². The molecule has 2 atom stereocenters. The molecule has 0 spiro atoms. The SMILES string of the molecule is COCC(CCO)NC(C)c1ccc(C(=O)OC)o1. The molecule has 6 nitrogen and oxygen atoms in total. The minimum atomic E-state index is -0.498. The van der Waals surface area contributed by atoms with Crippen LogP contribution in [0, 0.1) is 0 Å². The second-order valence-corrected chi connectivity index (χ2v) is 4.25. The fraction of sp³-hybridized carbons (Fsp3) is 0.615. The Balaban J connectivity index is 2.63. The van der Waals surface area contributed by atoms with Crippen molar-refractivity contribution in [3.05, 3.63) is 23.7 Å². The fourth-order valence-corrected chi connectivity index (χ4v) is 1.80. The molecule has 1 heterocycles. The monoisotopic (exact) mass is 271 g/mol. The number of ether oxygens (including phenoxy) is 2. The zero-order valence-electron chi connectivity index (χ0n) is 11.5. The van der Waals surface area contributed by atoms with E-state index in [2.05, 4.69) is 10.1 Å². The summed E-state index contributed by atoms with van der Waals surface area (Å²) in [6, 6.07) is 3.24. The van der Waals surface area contributed by atoms with E-state index in [1.165, 1.54) is 7.11 Å². The standard InChI is InChI=1S/C13H21NO5/c1-9(14-10(6-7-15)8-17-2)11-4-5-12(19-11)13(16)18-3/h4-5,9-10,14-15H,6-8H2,1-3H3. The number of furan rings is 1. The summed E-state index contributed by atoms with van der Waals surface area (Å²) < 4.78 is 15.1. The zero-order chi connectivity index (χ0) is 14.3. The van der Waals surface area contributed by atoms with Gasteiger partial charge >= 0.3 is 5.97 Å². The lowest BCUT2D eigenvalue weighted by Gasteiger charge is -2.20. The molecule has 0 aliphatic carbocycles. The molecule has 0 aromatic carbocycles. The van der Waals surface area contributed by atoms with Crippen LogP contribution in [-0.4, -0.2) is 44.6 Å². The van der Waals surface area contributed by atoms with E-state index in [0.29, 0.717) is 18.8 Å². The Hall–Kier alpha value is -1.37. The maximum Gasteiger partial charge on any atom is 0.373 e. The number of aliphatic hydroxyl groups is 1. The van der Waals surface area contributed by atoms with Crippen LogP contribution in [0.3, 0.4) is 0 Å². The predicted octanol–water partition coefficient (Wildman–Crippen LogP) is 1.11. The van der Waals surface area contributed by atoms with Crippen LogP contribution in [0.2, 0.25) is 0 Å². The lowest BCUT2D eigenvalue weighted by atomic mass is 10.1. The smallest absolute Gasteiger partial charge is 0.373 e. The molecule has 0 saturated carbocycles. The van der Waals surface area contributed by atoms with E-state index in [4.69, 9.17) is 14.3 Å².